The molecule has 3 heterocycles. The predicted molar refractivity (Wildman–Crippen MR) is 106 cm³/mol. The number of para-hydroxylation sites is 1. The van der Waals surface area contributed by atoms with E-state index in [0.717, 1.165) is 33.4 Å². The molecule has 0 fully saturated rings. The molecule has 0 radical (unpaired) electrons. The average molecular weight is 351 g/mol. The Morgan fingerprint density at radius 1 is 0.963 bits per heavy atom. The summed E-state index contributed by atoms with van der Waals surface area (Å²) in [4.78, 5) is 4.78. The molecule has 0 atom stereocenters. The quantitative estimate of drug-likeness (QED) is 0.443. The van der Waals surface area contributed by atoms with Gasteiger partial charge in [0, 0.05) is 5.39 Å². The van der Waals surface area contributed by atoms with Crippen LogP contribution >= 0.6 is 0 Å². The Hall–Kier alpha value is -3.65. The molecule has 3 aromatic heterocycles. The van der Waals surface area contributed by atoms with Crippen molar-refractivity contribution in [3.8, 4) is 11.8 Å². The number of imidazole rings is 1. The van der Waals surface area contributed by atoms with Gasteiger partial charge in [-0.2, -0.15) is 10.4 Å². The Bertz CT molecular complexity index is 1400. The molecule has 0 aliphatic heterocycles. The van der Waals surface area contributed by atoms with Crippen LogP contribution in [0.2, 0.25) is 0 Å². The number of fused-ring (bicyclic) bond motifs is 5. The van der Waals surface area contributed by atoms with Gasteiger partial charge in [-0.05, 0) is 62.2 Å². The van der Waals surface area contributed by atoms with Gasteiger partial charge in [0.15, 0.2) is 5.65 Å². The van der Waals surface area contributed by atoms with E-state index in [0.29, 0.717) is 11.2 Å². The van der Waals surface area contributed by atoms with Crippen LogP contribution in [0.15, 0.2) is 48.5 Å². The summed E-state index contributed by atoms with van der Waals surface area (Å²) >= 11 is 0. The van der Waals surface area contributed by atoms with Gasteiger partial charge >= 0.3 is 0 Å². The summed E-state index contributed by atoms with van der Waals surface area (Å²) in [5, 5.41) is 15.4. The van der Waals surface area contributed by atoms with Crippen molar-refractivity contribution in [1.29, 1.82) is 5.26 Å². The molecule has 0 unspecified atom stereocenters. The average Bonchev–Trinajstić information content (AvgIpc) is 3.20. The predicted octanol–water partition coefficient (Wildman–Crippen LogP) is 4.62. The molecule has 0 spiro atoms. The molecule has 5 aromatic rings. The largest absolute Gasteiger partial charge is 0.275 e. The first-order chi connectivity index (χ1) is 13.1. The number of nitriles is 1. The Labute approximate surface area is 156 Å². The van der Waals surface area contributed by atoms with Gasteiger partial charge < -0.3 is 0 Å². The number of hydrogen-bond acceptors (Lipinski definition) is 3. The van der Waals surface area contributed by atoms with Crippen molar-refractivity contribution in [2.75, 3.05) is 0 Å². The topological polar surface area (TPSA) is 58.9 Å². The van der Waals surface area contributed by atoms with E-state index in [1.165, 1.54) is 11.1 Å². The van der Waals surface area contributed by atoms with Gasteiger partial charge in [-0.3, -0.25) is 4.40 Å². The normalized spacial score (nSPS) is 11.5. The van der Waals surface area contributed by atoms with Crippen molar-refractivity contribution < 1.29 is 0 Å². The molecule has 0 N–H and O–H groups in total. The lowest BCUT2D eigenvalue weighted by Gasteiger charge is -2.07. The Kier molecular flexibility index (Phi) is 3.13. The Morgan fingerprint density at radius 3 is 2.44 bits per heavy atom. The number of benzene rings is 2. The molecular formula is C22H17N5. The molecule has 0 bridgehead atoms. The van der Waals surface area contributed by atoms with Crippen LogP contribution in [0.4, 0.5) is 0 Å². The van der Waals surface area contributed by atoms with Crippen molar-refractivity contribution in [3.05, 3.63) is 70.9 Å². The van der Waals surface area contributed by atoms with E-state index in [1.54, 1.807) is 0 Å². The number of hydrogen-bond donors (Lipinski definition) is 0. The SMILES string of the molecule is Cc1cc2nc3c(C#N)cc4c(C)nn(-c5ccccc5)c4n3c2cc1C. The molecule has 5 nitrogen and oxygen atoms in total. The molecule has 0 amide bonds. The molecule has 0 aliphatic carbocycles. The summed E-state index contributed by atoms with van der Waals surface area (Å²) < 4.78 is 4.01. The van der Waals surface area contributed by atoms with Crippen molar-refractivity contribution in [3.63, 3.8) is 0 Å². The minimum absolute atomic E-state index is 0.560. The molecular weight excluding hydrogens is 334 g/mol. The van der Waals surface area contributed by atoms with Crippen LogP contribution in [-0.2, 0) is 0 Å². The first kappa shape index (κ1) is 15.6. The fourth-order valence-electron chi connectivity index (χ4n) is 3.68. The van der Waals surface area contributed by atoms with Crippen LogP contribution in [0.3, 0.4) is 0 Å². The van der Waals surface area contributed by atoms with Gasteiger partial charge in [-0.15, -0.1) is 0 Å². The zero-order chi connectivity index (χ0) is 18.7. The number of aromatic nitrogens is 4. The van der Waals surface area contributed by atoms with E-state index in [2.05, 4.69) is 36.5 Å². The zero-order valence-electron chi connectivity index (χ0n) is 15.4. The molecule has 2 aromatic carbocycles. The standard InChI is InChI=1S/C22H17N5/c1-13-9-19-20(10-14(13)2)26-21(24-19)16(12-23)11-18-15(3)25-27(22(18)26)17-7-5-4-6-8-17/h4-11H,1-3H3. The van der Waals surface area contributed by atoms with Gasteiger partial charge in [0.1, 0.15) is 11.7 Å². The van der Waals surface area contributed by atoms with E-state index < -0.39 is 0 Å². The smallest absolute Gasteiger partial charge is 0.157 e. The first-order valence-corrected chi connectivity index (χ1v) is 8.86. The van der Waals surface area contributed by atoms with Crippen molar-refractivity contribution in [2.24, 2.45) is 0 Å². The third-order valence-electron chi connectivity index (χ3n) is 5.21. The lowest BCUT2D eigenvalue weighted by molar-refractivity contribution is 0.873. The first-order valence-electron chi connectivity index (χ1n) is 8.86. The molecule has 5 rings (SSSR count). The third-order valence-corrected chi connectivity index (χ3v) is 5.21. The number of pyridine rings is 1. The number of rotatable bonds is 1. The summed E-state index contributed by atoms with van der Waals surface area (Å²) in [6, 6.07) is 18.5. The van der Waals surface area contributed by atoms with Crippen LogP contribution < -0.4 is 0 Å². The summed E-state index contributed by atoms with van der Waals surface area (Å²) in [5.74, 6) is 0. The zero-order valence-corrected chi connectivity index (χ0v) is 15.4. The lowest BCUT2D eigenvalue weighted by Crippen LogP contribution is -2.01. The number of nitrogens with zero attached hydrogens (tertiary/aromatic N) is 5. The van der Waals surface area contributed by atoms with Crippen LogP contribution in [0.1, 0.15) is 22.4 Å². The summed E-state index contributed by atoms with van der Waals surface area (Å²) in [5.41, 5.74) is 8.29. The van der Waals surface area contributed by atoms with Crippen LogP contribution in [-0.4, -0.2) is 19.2 Å². The summed E-state index contributed by atoms with van der Waals surface area (Å²) in [6.45, 7) is 6.15. The lowest BCUT2D eigenvalue weighted by atomic mass is 10.1. The highest BCUT2D eigenvalue weighted by Crippen LogP contribution is 2.30. The fraction of sp³-hybridized carbons (Fsp3) is 0.136. The summed E-state index contributed by atoms with van der Waals surface area (Å²) in [6.07, 6.45) is 0. The second-order valence-electron chi connectivity index (χ2n) is 6.94. The van der Waals surface area contributed by atoms with Crippen molar-refractivity contribution in [2.45, 2.75) is 20.8 Å². The second kappa shape index (κ2) is 5.42. The second-order valence-corrected chi connectivity index (χ2v) is 6.94. The van der Waals surface area contributed by atoms with Gasteiger partial charge in [-0.25, -0.2) is 9.67 Å². The Morgan fingerprint density at radius 2 is 1.70 bits per heavy atom. The maximum Gasteiger partial charge on any atom is 0.157 e. The van der Waals surface area contributed by atoms with Crippen LogP contribution in [0, 0.1) is 32.1 Å². The maximum atomic E-state index is 9.71. The van der Waals surface area contributed by atoms with E-state index in [9.17, 15) is 5.26 Å². The highest BCUT2D eigenvalue weighted by atomic mass is 15.3. The maximum absolute atomic E-state index is 9.71. The van der Waals surface area contributed by atoms with Gasteiger partial charge in [0.25, 0.3) is 0 Å². The van der Waals surface area contributed by atoms with Crippen molar-refractivity contribution in [1.82, 2.24) is 19.2 Å². The third kappa shape index (κ3) is 2.10. The Balaban J connectivity index is 2.07. The van der Waals surface area contributed by atoms with Gasteiger partial charge in [0.2, 0.25) is 0 Å². The molecule has 5 heteroatoms. The molecule has 130 valence electrons. The van der Waals surface area contributed by atoms with Gasteiger partial charge in [0.05, 0.1) is 28.0 Å². The monoisotopic (exact) mass is 351 g/mol. The van der Waals surface area contributed by atoms with E-state index in [1.807, 2.05) is 48.0 Å². The van der Waals surface area contributed by atoms with Gasteiger partial charge in [-0.1, -0.05) is 18.2 Å². The van der Waals surface area contributed by atoms with Crippen molar-refractivity contribution >= 4 is 27.7 Å². The molecule has 0 aliphatic rings. The minimum atomic E-state index is 0.560. The number of aryl methyl sites for hydroxylation is 3. The highest BCUT2D eigenvalue weighted by molar-refractivity contribution is 5.93. The van der Waals surface area contributed by atoms with E-state index in [-0.39, 0.29) is 0 Å². The minimum Gasteiger partial charge on any atom is -0.275 e. The fourth-order valence-corrected chi connectivity index (χ4v) is 3.68. The summed E-state index contributed by atoms with van der Waals surface area (Å²) in [7, 11) is 0. The molecule has 27 heavy (non-hydrogen) atoms. The van der Waals surface area contributed by atoms with Crippen LogP contribution in [0.25, 0.3) is 33.4 Å². The van der Waals surface area contributed by atoms with E-state index >= 15 is 0 Å². The van der Waals surface area contributed by atoms with E-state index in [4.69, 9.17) is 10.1 Å². The molecule has 0 saturated carbocycles. The van der Waals surface area contributed by atoms with Crippen LogP contribution in [0.5, 0.6) is 0 Å². The molecule has 0 saturated heterocycles. The highest BCUT2D eigenvalue weighted by Gasteiger charge is 2.19.